The van der Waals surface area contributed by atoms with Crippen LogP contribution in [-0.4, -0.2) is 26.5 Å². The lowest BCUT2D eigenvalue weighted by molar-refractivity contribution is 0.259. The van der Waals surface area contributed by atoms with Crippen LogP contribution in [0.3, 0.4) is 0 Å². The van der Waals surface area contributed by atoms with E-state index in [1.807, 2.05) is 30.3 Å². The molecule has 2 aromatic rings. The Labute approximate surface area is 110 Å². The highest BCUT2D eigenvalue weighted by Crippen LogP contribution is 2.09. The van der Waals surface area contributed by atoms with Crippen LogP contribution in [0.15, 0.2) is 30.3 Å². The van der Waals surface area contributed by atoms with E-state index >= 15 is 0 Å². The number of hydrogen-bond acceptors (Lipinski definition) is 4. The van der Waals surface area contributed by atoms with Crippen molar-refractivity contribution in [3.8, 4) is 5.75 Å². The number of H-pyrrole nitrogens is 1. The van der Waals surface area contributed by atoms with Crippen molar-refractivity contribution in [1.82, 2.24) is 14.8 Å². The van der Waals surface area contributed by atoms with E-state index < -0.39 is 0 Å². The molecule has 0 aliphatic rings. The van der Waals surface area contributed by atoms with Crippen LogP contribution >= 0.6 is 12.2 Å². The van der Waals surface area contributed by atoms with E-state index in [0.29, 0.717) is 23.7 Å². The summed E-state index contributed by atoms with van der Waals surface area (Å²) in [6.45, 7) is 1.16. The fourth-order valence-corrected chi connectivity index (χ4v) is 1.87. The molecule has 0 bridgehead atoms. The molecule has 18 heavy (non-hydrogen) atoms. The molecule has 0 aliphatic carbocycles. The van der Waals surface area contributed by atoms with Gasteiger partial charge in [0.05, 0.1) is 6.61 Å². The van der Waals surface area contributed by atoms with Gasteiger partial charge in [0.1, 0.15) is 12.4 Å². The fourth-order valence-electron chi connectivity index (χ4n) is 1.63. The van der Waals surface area contributed by atoms with E-state index in [4.69, 9.17) is 22.1 Å². The highest BCUT2D eigenvalue weighted by atomic mass is 32.1. The Kier molecular flexibility index (Phi) is 4.49. The zero-order valence-corrected chi connectivity index (χ0v) is 10.7. The first-order valence-electron chi connectivity index (χ1n) is 5.74. The van der Waals surface area contributed by atoms with Gasteiger partial charge in [0.25, 0.3) is 0 Å². The summed E-state index contributed by atoms with van der Waals surface area (Å²) in [5.74, 6) is 1.41. The van der Waals surface area contributed by atoms with E-state index in [1.54, 1.807) is 4.57 Å². The largest absolute Gasteiger partial charge is 0.494 e. The van der Waals surface area contributed by atoms with E-state index in [-0.39, 0.29) is 6.61 Å². The second kappa shape index (κ2) is 6.32. The number of hydrogen-bond donors (Lipinski definition) is 2. The molecule has 2 N–H and O–H groups in total. The lowest BCUT2D eigenvalue weighted by Crippen LogP contribution is -2.08. The molecule has 0 atom stereocenters. The van der Waals surface area contributed by atoms with Gasteiger partial charge in [-0.3, -0.25) is 5.10 Å². The number of aliphatic hydroxyl groups is 1. The van der Waals surface area contributed by atoms with Crippen LogP contribution in [0, 0.1) is 4.77 Å². The lowest BCUT2D eigenvalue weighted by atomic mass is 10.3. The van der Waals surface area contributed by atoms with Crippen LogP contribution in [0.4, 0.5) is 0 Å². The molecule has 0 radical (unpaired) electrons. The van der Waals surface area contributed by atoms with Gasteiger partial charge in [0, 0.05) is 6.54 Å². The average molecular weight is 265 g/mol. The smallest absolute Gasteiger partial charge is 0.195 e. The highest BCUT2D eigenvalue weighted by molar-refractivity contribution is 7.71. The Morgan fingerprint density at radius 1 is 1.33 bits per heavy atom. The van der Waals surface area contributed by atoms with Gasteiger partial charge in [-0.1, -0.05) is 18.2 Å². The van der Waals surface area contributed by atoms with E-state index in [1.165, 1.54) is 0 Å². The molecule has 0 spiro atoms. The van der Waals surface area contributed by atoms with Gasteiger partial charge in [-0.05, 0) is 30.8 Å². The number of ether oxygens (including phenoxy) is 1. The van der Waals surface area contributed by atoms with Crippen molar-refractivity contribution < 1.29 is 9.84 Å². The van der Waals surface area contributed by atoms with Crippen molar-refractivity contribution in [1.29, 1.82) is 0 Å². The Balaban J connectivity index is 1.82. The van der Waals surface area contributed by atoms with Crippen LogP contribution in [0.1, 0.15) is 12.2 Å². The Morgan fingerprint density at radius 2 is 2.11 bits per heavy atom. The molecule has 5 nitrogen and oxygen atoms in total. The lowest BCUT2D eigenvalue weighted by Gasteiger charge is -2.07. The number of nitrogens with one attached hydrogen (secondary N) is 1. The van der Waals surface area contributed by atoms with Crippen molar-refractivity contribution in [2.45, 2.75) is 19.6 Å². The summed E-state index contributed by atoms with van der Waals surface area (Å²) in [5, 5.41) is 15.7. The number of nitrogens with zero attached hydrogens (tertiary/aromatic N) is 2. The van der Waals surface area contributed by atoms with Gasteiger partial charge >= 0.3 is 0 Å². The number of aliphatic hydroxyl groups excluding tert-OH is 1. The van der Waals surface area contributed by atoms with Crippen molar-refractivity contribution in [2.24, 2.45) is 0 Å². The van der Waals surface area contributed by atoms with E-state index in [0.717, 1.165) is 12.2 Å². The van der Waals surface area contributed by atoms with Gasteiger partial charge < -0.3 is 14.4 Å². The summed E-state index contributed by atoms with van der Waals surface area (Å²) in [6, 6.07) is 9.66. The van der Waals surface area contributed by atoms with Gasteiger partial charge in [0.2, 0.25) is 0 Å². The summed E-state index contributed by atoms with van der Waals surface area (Å²) in [6.07, 6.45) is 0.801. The molecule has 0 aliphatic heterocycles. The van der Waals surface area contributed by atoms with Gasteiger partial charge in [0.15, 0.2) is 10.6 Å². The van der Waals surface area contributed by atoms with E-state index in [9.17, 15) is 0 Å². The first-order valence-corrected chi connectivity index (χ1v) is 6.15. The SMILES string of the molecule is OCc1n[nH]c(=S)n1CCCOc1ccccc1. The van der Waals surface area contributed by atoms with Gasteiger partial charge in [-0.25, -0.2) is 0 Å². The maximum absolute atomic E-state index is 9.09. The van der Waals surface area contributed by atoms with Gasteiger partial charge in [-0.2, -0.15) is 5.10 Å². The monoisotopic (exact) mass is 265 g/mol. The second-order valence-electron chi connectivity index (χ2n) is 3.77. The standard InChI is InChI=1S/C12H15N3O2S/c16-9-11-13-14-12(18)15(11)7-4-8-17-10-5-2-1-3-6-10/h1-3,5-6,16H,4,7-9H2,(H,14,18). The zero-order chi connectivity index (χ0) is 12.8. The number of aromatic amines is 1. The summed E-state index contributed by atoms with van der Waals surface area (Å²) >= 11 is 5.08. The maximum atomic E-state index is 9.09. The van der Waals surface area contributed by atoms with Crippen LogP contribution < -0.4 is 4.74 Å². The quantitative estimate of drug-likeness (QED) is 0.618. The molecule has 96 valence electrons. The summed E-state index contributed by atoms with van der Waals surface area (Å²) in [7, 11) is 0. The summed E-state index contributed by atoms with van der Waals surface area (Å²) in [5.41, 5.74) is 0. The summed E-state index contributed by atoms with van der Waals surface area (Å²) in [4.78, 5) is 0. The second-order valence-corrected chi connectivity index (χ2v) is 4.16. The third-order valence-electron chi connectivity index (χ3n) is 2.52. The molecule has 1 aromatic heterocycles. The fraction of sp³-hybridized carbons (Fsp3) is 0.333. The van der Waals surface area contributed by atoms with Crippen molar-refractivity contribution in [3.05, 3.63) is 40.9 Å². The minimum Gasteiger partial charge on any atom is -0.494 e. The Hall–Kier alpha value is -1.66. The van der Waals surface area contributed by atoms with Crippen molar-refractivity contribution in [3.63, 3.8) is 0 Å². The average Bonchev–Trinajstić information content (AvgIpc) is 2.77. The molecule has 6 heteroatoms. The van der Waals surface area contributed by atoms with Crippen LogP contribution in [0.25, 0.3) is 0 Å². The molecular weight excluding hydrogens is 250 g/mol. The normalized spacial score (nSPS) is 10.5. The first kappa shape index (κ1) is 12.8. The topological polar surface area (TPSA) is 63.1 Å². The summed E-state index contributed by atoms with van der Waals surface area (Å²) < 4.78 is 7.89. The number of aromatic nitrogens is 3. The Morgan fingerprint density at radius 3 is 2.83 bits per heavy atom. The van der Waals surface area contributed by atoms with E-state index in [2.05, 4.69) is 10.2 Å². The molecule has 0 amide bonds. The number of benzene rings is 1. The number of para-hydroxylation sites is 1. The van der Waals surface area contributed by atoms with Crippen LogP contribution in [0.2, 0.25) is 0 Å². The third kappa shape index (κ3) is 3.18. The highest BCUT2D eigenvalue weighted by Gasteiger charge is 2.03. The predicted octanol–water partition coefficient (Wildman–Crippen LogP) is 1.90. The predicted molar refractivity (Wildman–Crippen MR) is 69.9 cm³/mol. The molecular formula is C12H15N3O2S. The molecule has 0 saturated carbocycles. The molecule has 0 unspecified atom stereocenters. The maximum Gasteiger partial charge on any atom is 0.195 e. The van der Waals surface area contributed by atoms with Crippen molar-refractivity contribution in [2.75, 3.05) is 6.61 Å². The van der Waals surface area contributed by atoms with Crippen LogP contribution in [-0.2, 0) is 13.2 Å². The zero-order valence-electron chi connectivity index (χ0n) is 9.87. The molecule has 0 fully saturated rings. The first-order chi connectivity index (χ1) is 8.81. The number of rotatable bonds is 6. The minimum atomic E-state index is -0.118. The molecule has 1 aromatic carbocycles. The minimum absolute atomic E-state index is 0.118. The Bertz CT molecular complexity index is 536. The van der Waals surface area contributed by atoms with Crippen molar-refractivity contribution >= 4 is 12.2 Å². The molecule has 0 saturated heterocycles. The van der Waals surface area contributed by atoms with Crippen LogP contribution in [0.5, 0.6) is 5.75 Å². The molecule has 2 rings (SSSR count). The molecule has 1 heterocycles. The third-order valence-corrected chi connectivity index (χ3v) is 2.83. The van der Waals surface area contributed by atoms with Gasteiger partial charge in [-0.15, -0.1) is 0 Å².